The van der Waals surface area contributed by atoms with E-state index in [2.05, 4.69) is 15.5 Å². The molecular formula is C13H18N6O3. The zero-order valence-electron chi connectivity index (χ0n) is 12.7. The first kappa shape index (κ1) is 15.7. The van der Waals surface area contributed by atoms with Crippen LogP contribution in [-0.4, -0.2) is 36.9 Å². The molecule has 0 fully saturated rings. The highest BCUT2D eigenvalue weighted by molar-refractivity contribution is 5.95. The van der Waals surface area contributed by atoms with Crippen LogP contribution in [-0.2, 0) is 13.6 Å². The Morgan fingerprint density at radius 2 is 2.14 bits per heavy atom. The molecule has 22 heavy (non-hydrogen) atoms. The van der Waals surface area contributed by atoms with Gasteiger partial charge >= 0.3 is 5.69 Å². The van der Waals surface area contributed by atoms with Crippen LogP contribution in [0.3, 0.4) is 0 Å². The lowest BCUT2D eigenvalue weighted by atomic mass is 10.3. The van der Waals surface area contributed by atoms with E-state index in [1.165, 1.54) is 17.9 Å². The van der Waals surface area contributed by atoms with E-state index in [4.69, 9.17) is 0 Å². The Morgan fingerprint density at radius 1 is 1.41 bits per heavy atom. The van der Waals surface area contributed by atoms with Crippen molar-refractivity contribution in [3.05, 3.63) is 39.5 Å². The van der Waals surface area contributed by atoms with Crippen molar-refractivity contribution in [3.63, 3.8) is 0 Å². The smallest absolute Gasteiger partial charge is 0.320 e. The van der Waals surface area contributed by atoms with Crippen LogP contribution in [0.15, 0.2) is 12.3 Å². The van der Waals surface area contributed by atoms with Crippen LogP contribution >= 0.6 is 0 Å². The second kappa shape index (κ2) is 6.37. The molecular weight excluding hydrogens is 288 g/mol. The molecule has 1 amide bonds. The van der Waals surface area contributed by atoms with Crippen LogP contribution in [0.25, 0.3) is 0 Å². The predicted octanol–water partition coefficient (Wildman–Crippen LogP) is 0.962. The third-order valence-corrected chi connectivity index (χ3v) is 3.16. The van der Waals surface area contributed by atoms with Crippen molar-refractivity contribution >= 4 is 11.6 Å². The number of nitrogens with one attached hydrogen (secondary N) is 1. The summed E-state index contributed by atoms with van der Waals surface area (Å²) in [5.41, 5.74) is 1.55. The van der Waals surface area contributed by atoms with E-state index in [-0.39, 0.29) is 11.4 Å². The molecule has 1 N–H and O–H groups in total. The Hall–Kier alpha value is -2.71. The van der Waals surface area contributed by atoms with Gasteiger partial charge in [-0.2, -0.15) is 10.2 Å². The molecule has 0 aromatic carbocycles. The van der Waals surface area contributed by atoms with Crippen molar-refractivity contribution in [2.24, 2.45) is 7.05 Å². The molecule has 0 aliphatic rings. The van der Waals surface area contributed by atoms with E-state index >= 15 is 0 Å². The van der Waals surface area contributed by atoms with Gasteiger partial charge in [-0.25, -0.2) is 0 Å². The average Bonchev–Trinajstić information content (AvgIpc) is 2.97. The molecule has 0 spiro atoms. The Balaban J connectivity index is 1.88. The van der Waals surface area contributed by atoms with E-state index < -0.39 is 10.8 Å². The molecule has 2 rings (SSSR count). The fourth-order valence-electron chi connectivity index (χ4n) is 2.19. The van der Waals surface area contributed by atoms with Gasteiger partial charge in [-0.3, -0.25) is 24.3 Å². The number of hydrogen-bond acceptors (Lipinski definition) is 5. The SMILES string of the molecule is Cc1cc(C)n(CCCNC(=O)c2nn(C)cc2[N+](=O)[O-])n1. The van der Waals surface area contributed by atoms with Crippen molar-refractivity contribution in [2.75, 3.05) is 6.54 Å². The van der Waals surface area contributed by atoms with Gasteiger partial charge in [0.05, 0.1) is 10.6 Å². The summed E-state index contributed by atoms with van der Waals surface area (Å²) in [6.45, 7) is 4.95. The van der Waals surface area contributed by atoms with Gasteiger partial charge in [-0.1, -0.05) is 0 Å². The van der Waals surface area contributed by atoms with Crippen LogP contribution in [0.4, 0.5) is 5.69 Å². The van der Waals surface area contributed by atoms with Crippen molar-refractivity contribution in [1.82, 2.24) is 24.9 Å². The number of nitrogens with zero attached hydrogens (tertiary/aromatic N) is 5. The molecule has 0 radical (unpaired) electrons. The zero-order chi connectivity index (χ0) is 16.3. The Kier molecular flexibility index (Phi) is 4.54. The maximum atomic E-state index is 12.0. The second-order valence-electron chi connectivity index (χ2n) is 5.05. The van der Waals surface area contributed by atoms with E-state index in [9.17, 15) is 14.9 Å². The number of aryl methyl sites for hydroxylation is 4. The topological polar surface area (TPSA) is 108 Å². The predicted molar refractivity (Wildman–Crippen MR) is 78.5 cm³/mol. The summed E-state index contributed by atoms with van der Waals surface area (Å²) < 4.78 is 3.12. The van der Waals surface area contributed by atoms with Crippen LogP contribution in [0, 0.1) is 24.0 Å². The number of rotatable bonds is 6. The minimum atomic E-state index is -0.613. The van der Waals surface area contributed by atoms with E-state index in [1.54, 1.807) is 0 Å². The van der Waals surface area contributed by atoms with Gasteiger partial charge < -0.3 is 5.32 Å². The van der Waals surface area contributed by atoms with Crippen LogP contribution in [0.1, 0.15) is 28.3 Å². The van der Waals surface area contributed by atoms with Crippen molar-refractivity contribution < 1.29 is 9.72 Å². The summed E-state index contributed by atoms with van der Waals surface area (Å²) in [6.07, 6.45) is 1.89. The normalized spacial score (nSPS) is 10.7. The monoisotopic (exact) mass is 306 g/mol. The minimum absolute atomic E-state index is 0.168. The van der Waals surface area contributed by atoms with Gasteiger partial charge in [-0.15, -0.1) is 0 Å². The third kappa shape index (κ3) is 3.48. The molecule has 0 atom stereocenters. The number of carbonyl (C=O) groups is 1. The summed E-state index contributed by atoms with van der Waals surface area (Å²) in [7, 11) is 1.53. The lowest BCUT2D eigenvalue weighted by molar-refractivity contribution is -0.385. The quantitative estimate of drug-likeness (QED) is 0.486. The molecule has 0 saturated heterocycles. The van der Waals surface area contributed by atoms with Gasteiger partial charge in [0.15, 0.2) is 0 Å². The maximum Gasteiger partial charge on any atom is 0.320 e. The molecule has 2 heterocycles. The molecule has 9 heteroatoms. The van der Waals surface area contributed by atoms with Gasteiger partial charge in [0.1, 0.15) is 6.20 Å². The fraction of sp³-hybridized carbons (Fsp3) is 0.462. The molecule has 0 unspecified atom stereocenters. The summed E-state index contributed by atoms with van der Waals surface area (Å²) in [5.74, 6) is -0.541. The molecule has 0 aliphatic heterocycles. The molecule has 0 saturated carbocycles. The van der Waals surface area contributed by atoms with Crippen molar-refractivity contribution in [3.8, 4) is 0 Å². The Morgan fingerprint density at radius 3 is 2.73 bits per heavy atom. The standard InChI is InChI=1S/C13H18N6O3/c1-9-7-10(2)18(15-9)6-4-5-14-13(20)12-11(19(21)22)8-17(3)16-12/h7-8H,4-6H2,1-3H3,(H,14,20). The van der Waals surface area contributed by atoms with Gasteiger partial charge in [0.25, 0.3) is 5.91 Å². The first-order chi connectivity index (χ1) is 10.4. The van der Waals surface area contributed by atoms with Crippen LogP contribution in [0.2, 0.25) is 0 Å². The average molecular weight is 306 g/mol. The Labute approximate surface area is 127 Å². The summed E-state index contributed by atoms with van der Waals surface area (Å²) in [6, 6.07) is 1.98. The Bertz CT molecular complexity index is 703. The lowest BCUT2D eigenvalue weighted by Crippen LogP contribution is -2.26. The van der Waals surface area contributed by atoms with Gasteiger partial charge in [-0.05, 0) is 26.3 Å². The fourth-order valence-corrected chi connectivity index (χ4v) is 2.19. The minimum Gasteiger partial charge on any atom is -0.350 e. The number of hydrogen-bond donors (Lipinski definition) is 1. The van der Waals surface area contributed by atoms with E-state index in [1.807, 2.05) is 24.6 Å². The zero-order valence-corrected chi connectivity index (χ0v) is 12.7. The highest BCUT2D eigenvalue weighted by atomic mass is 16.6. The second-order valence-corrected chi connectivity index (χ2v) is 5.05. The van der Waals surface area contributed by atoms with Gasteiger partial charge in [0, 0.05) is 25.8 Å². The first-order valence-corrected chi connectivity index (χ1v) is 6.85. The summed E-state index contributed by atoms with van der Waals surface area (Å²) in [4.78, 5) is 22.2. The highest BCUT2D eigenvalue weighted by Gasteiger charge is 2.24. The van der Waals surface area contributed by atoms with Crippen molar-refractivity contribution in [2.45, 2.75) is 26.8 Å². The maximum absolute atomic E-state index is 12.0. The van der Waals surface area contributed by atoms with Crippen molar-refractivity contribution in [1.29, 1.82) is 0 Å². The van der Waals surface area contributed by atoms with E-state index in [0.29, 0.717) is 19.5 Å². The van der Waals surface area contributed by atoms with E-state index in [0.717, 1.165) is 11.4 Å². The summed E-state index contributed by atoms with van der Waals surface area (Å²) in [5, 5.41) is 21.7. The number of carbonyl (C=O) groups excluding carboxylic acids is 1. The third-order valence-electron chi connectivity index (χ3n) is 3.16. The highest BCUT2D eigenvalue weighted by Crippen LogP contribution is 2.15. The summed E-state index contributed by atoms with van der Waals surface area (Å²) >= 11 is 0. The molecule has 0 bridgehead atoms. The molecule has 2 aromatic rings. The largest absolute Gasteiger partial charge is 0.350 e. The number of nitro groups is 1. The van der Waals surface area contributed by atoms with Crippen LogP contribution in [0.5, 0.6) is 0 Å². The first-order valence-electron chi connectivity index (χ1n) is 6.85. The number of aromatic nitrogens is 4. The number of amides is 1. The molecule has 0 aliphatic carbocycles. The molecule has 9 nitrogen and oxygen atoms in total. The molecule has 118 valence electrons. The lowest BCUT2D eigenvalue weighted by Gasteiger charge is -2.05. The van der Waals surface area contributed by atoms with Gasteiger partial charge in [0.2, 0.25) is 5.69 Å². The molecule has 2 aromatic heterocycles. The van der Waals surface area contributed by atoms with Crippen LogP contribution < -0.4 is 5.32 Å².